The summed E-state index contributed by atoms with van der Waals surface area (Å²) in [6.45, 7) is 0. The minimum absolute atomic E-state index is 0.403. The van der Waals surface area contributed by atoms with Crippen LogP contribution in [0.15, 0.2) is 0 Å². The van der Waals surface area contributed by atoms with E-state index in [-0.39, 0.29) is 0 Å². The second kappa shape index (κ2) is 4.25. The van der Waals surface area contributed by atoms with Gasteiger partial charge in [-0.2, -0.15) is 0 Å². The molecule has 4 heteroatoms. The van der Waals surface area contributed by atoms with Gasteiger partial charge in [0.05, 0.1) is 7.11 Å². The van der Waals surface area contributed by atoms with E-state index >= 15 is 0 Å². The first-order chi connectivity index (χ1) is 6.15. The van der Waals surface area contributed by atoms with Crippen molar-refractivity contribution in [2.45, 2.75) is 25.7 Å². The van der Waals surface area contributed by atoms with Crippen molar-refractivity contribution >= 4 is 11.9 Å². The Hall–Kier alpha value is -1.06. The Morgan fingerprint density at radius 3 is 2.46 bits per heavy atom. The van der Waals surface area contributed by atoms with Gasteiger partial charge in [-0.05, 0) is 12.3 Å². The van der Waals surface area contributed by atoms with Gasteiger partial charge in [0.25, 0.3) is 0 Å². The molecule has 0 aromatic heterocycles. The van der Waals surface area contributed by atoms with Crippen LogP contribution in [0.1, 0.15) is 25.7 Å². The van der Waals surface area contributed by atoms with Crippen molar-refractivity contribution in [3.8, 4) is 0 Å². The van der Waals surface area contributed by atoms with Crippen LogP contribution in [-0.4, -0.2) is 24.2 Å². The van der Waals surface area contributed by atoms with E-state index in [4.69, 9.17) is 5.11 Å². The van der Waals surface area contributed by atoms with Crippen molar-refractivity contribution in [1.82, 2.24) is 0 Å². The molecule has 0 aliphatic heterocycles. The number of carboxylic acid groups (broad SMARTS) is 1. The number of hydrogen-bond donors (Lipinski definition) is 1. The van der Waals surface area contributed by atoms with Crippen molar-refractivity contribution in [2.24, 2.45) is 11.8 Å². The lowest BCUT2D eigenvalue weighted by atomic mass is 9.79. The zero-order chi connectivity index (χ0) is 9.84. The third-order valence-electron chi connectivity index (χ3n) is 2.58. The van der Waals surface area contributed by atoms with Crippen LogP contribution in [-0.2, 0) is 14.3 Å². The quantitative estimate of drug-likeness (QED) is 0.526. The third kappa shape index (κ3) is 2.44. The van der Waals surface area contributed by atoms with E-state index in [2.05, 4.69) is 4.74 Å². The number of aliphatic carboxylic acids is 1. The molecule has 0 spiro atoms. The SMILES string of the molecule is COC(=O)C(CC1CCC1)C(=O)O. The smallest absolute Gasteiger partial charge is 0.320 e. The van der Waals surface area contributed by atoms with Gasteiger partial charge in [-0.25, -0.2) is 0 Å². The molecule has 0 heterocycles. The van der Waals surface area contributed by atoms with Crippen molar-refractivity contribution < 1.29 is 19.4 Å². The highest BCUT2D eigenvalue weighted by Gasteiger charge is 2.32. The van der Waals surface area contributed by atoms with Gasteiger partial charge in [0, 0.05) is 0 Å². The maximum Gasteiger partial charge on any atom is 0.320 e. The predicted octanol–water partition coefficient (Wildman–Crippen LogP) is 1.05. The molecular weight excluding hydrogens is 172 g/mol. The Morgan fingerprint density at radius 2 is 2.15 bits per heavy atom. The van der Waals surface area contributed by atoms with Crippen LogP contribution < -0.4 is 0 Å². The summed E-state index contributed by atoms with van der Waals surface area (Å²) >= 11 is 0. The predicted molar refractivity (Wildman–Crippen MR) is 45.1 cm³/mol. The zero-order valence-electron chi connectivity index (χ0n) is 7.66. The van der Waals surface area contributed by atoms with Crippen LogP contribution in [0.3, 0.4) is 0 Å². The normalized spacial score (nSPS) is 18.8. The highest BCUT2D eigenvalue weighted by Crippen LogP contribution is 2.32. The number of rotatable bonds is 4. The highest BCUT2D eigenvalue weighted by atomic mass is 16.5. The molecule has 1 rings (SSSR count). The van der Waals surface area contributed by atoms with Crippen LogP contribution in [0.25, 0.3) is 0 Å². The molecule has 0 aromatic carbocycles. The molecule has 0 saturated heterocycles. The molecule has 0 bridgehead atoms. The van der Waals surface area contributed by atoms with Crippen molar-refractivity contribution in [1.29, 1.82) is 0 Å². The third-order valence-corrected chi connectivity index (χ3v) is 2.58. The van der Waals surface area contributed by atoms with Gasteiger partial charge in [0.15, 0.2) is 5.92 Å². The number of esters is 1. The van der Waals surface area contributed by atoms with Gasteiger partial charge in [0.1, 0.15) is 0 Å². The van der Waals surface area contributed by atoms with Crippen LogP contribution in [0.2, 0.25) is 0 Å². The van der Waals surface area contributed by atoms with Gasteiger partial charge >= 0.3 is 11.9 Å². The average molecular weight is 186 g/mol. The minimum atomic E-state index is -1.07. The number of carboxylic acids is 1. The van der Waals surface area contributed by atoms with E-state index in [0.29, 0.717) is 12.3 Å². The Bertz CT molecular complexity index is 208. The molecule has 1 aliphatic carbocycles. The Morgan fingerprint density at radius 1 is 1.54 bits per heavy atom. The highest BCUT2D eigenvalue weighted by molar-refractivity contribution is 5.93. The van der Waals surface area contributed by atoms with Crippen LogP contribution in [0.4, 0.5) is 0 Å². The maximum absolute atomic E-state index is 11.0. The Labute approximate surface area is 76.9 Å². The summed E-state index contributed by atoms with van der Waals surface area (Å²) < 4.78 is 4.42. The fourth-order valence-electron chi connectivity index (χ4n) is 1.50. The van der Waals surface area contributed by atoms with Crippen molar-refractivity contribution in [2.75, 3.05) is 7.11 Å². The van der Waals surface area contributed by atoms with E-state index in [0.717, 1.165) is 19.3 Å². The molecule has 1 N–H and O–H groups in total. The summed E-state index contributed by atoms with van der Waals surface area (Å²) in [6, 6.07) is 0. The molecule has 0 radical (unpaired) electrons. The first kappa shape index (κ1) is 10.0. The molecule has 1 atom stereocenters. The monoisotopic (exact) mass is 186 g/mol. The maximum atomic E-state index is 11.0. The second-order valence-corrected chi connectivity index (χ2v) is 3.45. The number of carbonyl (C=O) groups excluding carboxylic acids is 1. The average Bonchev–Trinajstić information content (AvgIpc) is 2.00. The summed E-state index contributed by atoms with van der Waals surface area (Å²) in [5.41, 5.74) is 0. The first-order valence-corrected chi connectivity index (χ1v) is 4.45. The van der Waals surface area contributed by atoms with E-state index in [9.17, 15) is 9.59 Å². The minimum Gasteiger partial charge on any atom is -0.481 e. The second-order valence-electron chi connectivity index (χ2n) is 3.45. The summed E-state index contributed by atoms with van der Waals surface area (Å²) in [7, 11) is 1.22. The standard InChI is InChI=1S/C9H14O4/c1-13-9(12)7(8(10)11)5-6-3-2-4-6/h6-7H,2-5H2,1H3,(H,10,11). The van der Waals surface area contributed by atoms with Gasteiger partial charge in [-0.15, -0.1) is 0 Å². The van der Waals surface area contributed by atoms with E-state index in [1.54, 1.807) is 0 Å². The van der Waals surface area contributed by atoms with Crippen LogP contribution in [0.5, 0.6) is 0 Å². The lowest BCUT2D eigenvalue weighted by Gasteiger charge is -2.26. The van der Waals surface area contributed by atoms with Crippen molar-refractivity contribution in [3.63, 3.8) is 0 Å². The lowest BCUT2D eigenvalue weighted by molar-refractivity contribution is -0.157. The largest absolute Gasteiger partial charge is 0.481 e. The number of hydrogen-bond acceptors (Lipinski definition) is 3. The molecule has 1 fully saturated rings. The fraction of sp³-hybridized carbons (Fsp3) is 0.778. The Kier molecular flexibility index (Phi) is 3.28. The molecule has 0 aromatic rings. The van der Waals surface area contributed by atoms with Gasteiger partial charge in [-0.1, -0.05) is 19.3 Å². The van der Waals surface area contributed by atoms with Gasteiger partial charge in [0.2, 0.25) is 0 Å². The molecule has 13 heavy (non-hydrogen) atoms. The molecule has 74 valence electrons. The van der Waals surface area contributed by atoms with E-state index < -0.39 is 17.9 Å². The number of methoxy groups -OCH3 is 1. The summed E-state index contributed by atoms with van der Waals surface area (Å²) in [5.74, 6) is -2.26. The number of carbonyl (C=O) groups is 2. The Balaban J connectivity index is 2.46. The fourth-order valence-corrected chi connectivity index (χ4v) is 1.50. The first-order valence-electron chi connectivity index (χ1n) is 4.45. The summed E-state index contributed by atoms with van der Waals surface area (Å²) in [5, 5.41) is 8.74. The lowest BCUT2D eigenvalue weighted by Crippen LogP contribution is -2.29. The molecular formula is C9H14O4. The summed E-state index contributed by atoms with van der Waals surface area (Å²) in [6.07, 6.45) is 3.67. The van der Waals surface area contributed by atoms with Crippen LogP contribution >= 0.6 is 0 Å². The van der Waals surface area contributed by atoms with Crippen LogP contribution in [0, 0.1) is 11.8 Å². The van der Waals surface area contributed by atoms with E-state index in [1.807, 2.05) is 0 Å². The molecule has 4 nitrogen and oxygen atoms in total. The van der Waals surface area contributed by atoms with Gasteiger partial charge < -0.3 is 9.84 Å². The molecule has 0 amide bonds. The molecule has 1 unspecified atom stereocenters. The topological polar surface area (TPSA) is 63.6 Å². The molecule has 1 saturated carbocycles. The zero-order valence-corrected chi connectivity index (χ0v) is 7.66. The van der Waals surface area contributed by atoms with E-state index in [1.165, 1.54) is 7.11 Å². The van der Waals surface area contributed by atoms with Gasteiger partial charge in [-0.3, -0.25) is 9.59 Å². The summed E-state index contributed by atoms with van der Waals surface area (Å²) in [4.78, 5) is 21.7. The molecule has 1 aliphatic rings. The number of ether oxygens (including phenoxy) is 1. The van der Waals surface area contributed by atoms with Crippen molar-refractivity contribution in [3.05, 3.63) is 0 Å².